The van der Waals surface area contributed by atoms with Gasteiger partial charge in [0, 0.05) is 24.8 Å². The summed E-state index contributed by atoms with van der Waals surface area (Å²) in [6, 6.07) is 34.4. The monoisotopic (exact) mass is 656 g/mol. The predicted molar refractivity (Wildman–Crippen MR) is 184 cm³/mol. The van der Waals surface area contributed by atoms with Gasteiger partial charge in [0.15, 0.2) is 11.6 Å². The molecule has 2 aromatic carbocycles. The Balaban J connectivity index is 0.000000194. The molecule has 14 heteroatoms. The molecule has 6 rings (SSSR count). The van der Waals surface area contributed by atoms with E-state index in [0.29, 0.717) is 34.4 Å². The van der Waals surface area contributed by atoms with Crippen LogP contribution < -0.4 is 10.6 Å². The van der Waals surface area contributed by atoms with E-state index in [4.69, 9.17) is 0 Å². The second-order valence-corrected chi connectivity index (χ2v) is 9.80. The number of hydrogen-bond acceptors (Lipinski definition) is 12. The number of azo groups is 2. The Morgan fingerprint density at radius 3 is 1.24 bits per heavy atom. The van der Waals surface area contributed by atoms with Gasteiger partial charge in [-0.2, -0.15) is 10.5 Å². The lowest BCUT2D eigenvalue weighted by Gasteiger charge is -2.06. The van der Waals surface area contributed by atoms with Gasteiger partial charge < -0.3 is 10.6 Å². The molecule has 0 spiro atoms. The van der Waals surface area contributed by atoms with Crippen LogP contribution in [0.1, 0.15) is 32.1 Å². The van der Waals surface area contributed by atoms with Crippen molar-refractivity contribution in [3.05, 3.63) is 156 Å². The number of nitriles is 2. The number of carbonyl (C=O) groups excluding carboxylic acids is 2. The summed E-state index contributed by atoms with van der Waals surface area (Å²) in [5.74, 6) is 0.155. The smallest absolute Gasteiger partial charge is 0.274 e. The number of nitrogens with one attached hydrogen (secondary N) is 2. The third-order valence-corrected chi connectivity index (χ3v) is 6.37. The van der Waals surface area contributed by atoms with Crippen LogP contribution in [0, 0.1) is 22.7 Å². The Hall–Kier alpha value is -7.84. The lowest BCUT2D eigenvalue weighted by molar-refractivity contribution is 0.101. The zero-order chi connectivity index (χ0) is 35.0. The van der Waals surface area contributed by atoms with E-state index in [1.807, 2.05) is 12.1 Å². The highest BCUT2D eigenvalue weighted by atomic mass is 16.2. The number of hydrogen-bond donors (Lipinski definition) is 2. The first-order valence-electron chi connectivity index (χ1n) is 14.7. The van der Waals surface area contributed by atoms with E-state index in [-0.39, 0.29) is 34.3 Å². The van der Waals surface area contributed by atoms with Crippen LogP contribution in [0.15, 0.2) is 154 Å². The Kier molecular flexibility index (Phi) is 11.5. The van der Waals surface area contributed by atoms with E-state index >= 15 is 0 Å². The third kappa shape index (κ3) is 9.58. The Morgan fingerprint density at radius 2 is 0.900 bits per heavy atom. The van der Waals surface area contributed by atoms with E-state index in [1.54, 1.807) is 122 Å². The quantitative estimate of drug-likeness (QED) is 0.153. The van der Waals surface area contributed by atoms with Crippen molar-refractivity contribution in [1.29, 1.82) is 10.5 Å². The largest absolute Gasteiger partial charge is 0.319 e. The van der Waals surface area contributed by atoms with Gasteiger partial charge in [-0.05, 0) is 84.9 Å². The standard InChI is InChI=1S/2C18H12N6O/c2*19-12-13-11-14(23-24-17-6-2-4-10-21-17)7-8-15(13)22-18(25)16-5-1-3-9-20-16/h2*1-11H,(H,22,25). The molecule has 0 radical (unpaired) electrons. The molecule has 0 unspecified atom stereocenters. The molecule has 50 heavy (non-hydrogen) atoms. The fourth-order valence-electron chi connectivity index (χ4n) is 4.00. The first-order chi connectivity index (χ1) is 24.5. The first-order valence-corrected chi connectivity index (χ1v) is 14.7. The number of pyridine rings is 4. The molecular formula is C36H24N12O2. The molecule has 240 valence electrons. The van der Waals surface area contributed by atoms with Crippen LogP contribution in [0.4, 0.5) is 34.4 Å². The maximum atomic E-state index is 12.1. The molecule has 0 saturated carbocycles. The van der Waals surface area contributed by atoms with Crippen molar-refractivity contribution in [2.45, 2.75) is 0 Å². The number of carbonyl (C=O) groups is 2. The molecule has 14 nitrogen and oxygen atoms in total. The molecule has 0 aliphatic carbocycles. The number of rotatable bonds is 8. The van der Waals surface area contributed by atoms with Crippen molar-refractivity contribution >= 4 is 46.2 Å². The minimum absolute atomic E-state index is 0.269. The van der Waals surface area contributed by atoms with E-state index < -0.39 is 0 Å². The van der Waals surface area contributed by atoms with E-state index in [2.05, 4.69) is 51.0 Å². The summed E-state index contributed by atoms with van der Waals surface area (Å²) in [6.07, 6.45) is 6.29. The number of benzene rings is 2. The predicted octanol–water partition coefficient (Wildman–Crippen LogP) is 8.03. The van der Waals surface area contributed by atoms with Gasteiger partial charge in [-0.15, -0.1) is 20.5 Å². The summed E-state index contributed by atoms with van der Waals surface area (Å²) < 4.78 is 0. The van der Waals surface area contributed by atoms with Gasteiger partial charge in [0.1, 0.15) is 23.5 Å². The average Bonchev–Trinajstić information content (AvgIpc) is 3.18. The zero-order valence-electron chi connectivity index (χ0n) is 26.0. The van der Waals surface area contributed by atoms with Crippen molar-refractivity contribution in [1.82, 2.24) is 19.9 Å². The topological polar surface area (TPSA) is 207 Å². The highest BCUT2D eigenvalue weighted by Crippen LogP contribution is 2.25. The number of aromatic nitrogens is 4. The fraction of sp³-hybridized carbons (Fsp3) is 0. The van der Waals surface area contributed by atoms with E-state index in [0.717, 1.165) is 0 Å². The van der Waals surface area contributed by atoms with Gasteiger partial charge in [0.25, 0.3) is 11.8 Å². The summed E-state index contributed by atoms with van der Waals surface area (Å²) in [5.41, 5.74) is 2.83. The molecule has 0 bridgehead atoms. The van der Waals surface area contributed by atoms with Crippen molar-refractivity contribution in [2.75, 3.05) is 10.6 Å². The molecule has 2 N–H and O–H groups in total. The van der Waals surface area contributed by atoms with Crippen LogP contribution >= 0.6 is 0 Å². The van der Waals surface area contributed by atoms with Gasteiger partial charge in [-0.1, -0.05) is 24.3 Å². The number of nitrogens with zero attached hydrogens (tertiary/aromatic N) is 10. The maximum Gasteiger partial charge on any atom is 0.274 e. The molecule has 0 fully saturated rings. The number of amides is 2. The van der Waals surface area contributed by atoms with Gasteiger partial charge in [0.05, 0.1) is 33.9 Å². The van der Waals surface area contributed by atoms with Crippen LogP contribution in [0.3, 0.4) is 0 Å². The highest BCUT2D eigenvalue weighted by molar-refractivity contribution is 6.04. The Labute approximate surface area is 285 Å². The maximum absolute atomic E-state index is 12.1. The molecule has 0 saturated heterocycles. The Morgan fingerprint density at radius 1 is 0.500 bits per heavy atom. The van der Waals surface area contributed by atoms with E-state index in [1.165, 1.54) is 12.4 Å². The molecule has 0 aliphatic heterocycles. The van der Waals surface area contributed by atoms with Gasteiger partial charge in [-0.3, -0.25) is 19.6 Å². The second-order valence-electron chi connectivity index (χ2n) is 9.80. The molecule has 0 aliphatic rings. The van der Waals surface area contributed by atoms with Gasteiger partial charge in [0.2, 0.25) is 0 Å². The van der Waals surface area contributed by atoms with E-state index in [9.17, 15) is 20.1 Å². The van der Waals surface area contributed by atoms with Crippen molar-refractivity contribution in [3.8, 4) is 12.1 Å². The van der Waals surface area contributed by atoms with Crippen molar-refractivity contribution in [2.24, 2.45) is 20.5 Å². The minimum Gasteiger partial charge on any atom is -0.319 e. The van der Waals surface area contributed by atoms with Crippen LogP contribution in [0.25, 0.3) is 0 Å². The average molecular weight is 657 g/mol. The summed E-state index contributed by atoms with van der Waals surface area (Å²) in [6.45, 7) is 0. The molecular weight excluding hydrogens is 632 g/mol. The number of anilines is 2. The zero-order valence-corrected chi connectivity index (χ0v) is 26.0. The molecule has 4 heterocycles. The third-order valence-electron chi connectivity index (χ3n) is 6.37. The molecule has 6 aromatic rings. The van der Waals surface area contributed by atoms with Gasteiger partial charge >= 0.3 is 0 Å². The summed E-state index contributed by atoms with van der Waals surface area (Å²) in [7, 11) is 0. The van der Waals surface area contributed by atoms with Crippen LogP contribution in [0.5, 0.6) is 0 Å². The summed E-state index contributed by atoms with van der Waals surface area (Å²) in [4.78, 5) is 40.3. The van der Waals surface area contributed by atoms with Crippen molar-refractivity contribution in [3.63, 3.8) is 0 Å². The summed E-state index contributed by atoms with van der Waals surface area (Å²) in [5, 5.41) is 40.1. The van der Waals surface area contributed by atoms with Crippen LogP contribution in [-0.2, 0) is 0 Å². The van der Waals surface area contributed by atoms with Gasteiger partial charge in [-0.25, -0.2) is 9.97 Å². The molecule has 4 aromatic heterocycles. The fourth-order valence-corrected chi connectivity index (χ4v) is 4.00. The molecule has 2 amide bonds. The second kappa shape index (κ2) is 17.2. The minimum atomic E-state index is -0.389. The van der Waals surface area contributed by atoms with Crippen LogP contribution in [0.2, 0.25) is 0 Å². The first kappa shape index (κ1) is 33.5. The highest BCUT2D eigenvalue weighted by Gasteiger charge is 2.12. The lowest BCUT2D eigenvalue weighted by atomic mass is 10.1. The normalized spacial score (nSPS) is 10.4. The SMILES string of the molecule is N#Cc1cc(N=Nc2ccccn2)ccc1NC(=O)c1ccccn1.N#Cc1cc(N=Nc2ccccn2)ccc1NC(=O)c1ccccn1. The summed E-state index contributed by atoms with van der Waals surface area (Å²) >= 11 is 0. The lowest BCUT2D eigenvalue weighted by Crippen LogP contribution is -2.14. The molecule has 0 atom stereocenters. The van der Waals surface area contributed by atoms with Crippen molar-refractivity contribution < 1.29 is 9.59 Å². The Bertz CT molecular complexity index is 2060. The van der Waals surface area contributed by atoms with Crippen LogP contribution in [-0.4, -0.2) is 31.8 Å².